The summed E-state index contributed by atoms with van der Waals surface area (Å²) < 4.78 is 0.416. The molecule has 0 bridgehead atoms. The predicted molar refractivity (Wildman–Crippen MR) is 73.7 cm³/mol. The number of rotatable bonds is 4. The van der Waals surface area contributed by atoms with Crippen molar-refractivity contribution in [2.24, 2.45) is 11.7 Å². The van der Waals surface area contributed by atoms with Crippen molar-refractivity contribution in [2.75, 3.05) is 0 Å². The number of benzene rings is 1. The second kappa shape index (κ2) is 5.97. The molecule has 2 rings (SSSR count). The number of aliphatic hydroxyl groups excluding tert-OH is 1. The summed E-state index contributed by atoms with van der Waals surface area (Å²) in [6.07, 6.45) is 1.34. The van der Waals surface area contributed by atoms with Gasteiger partial charge in [0.2, 0.25) is 0 Å². The van der Waals surface area contributed by atoms with Gasteiger partial charge in [-0.05, 0) is 46.3 Å². The fraction of sp³-hybridized carbons (Fsp3) is 0.455. The molecule has 1 aliphatic rings. The Bertz CT molecular complexity index is 454. The Hall–Kier alpha value is -0.690. The topological polar surface area (TPSA) is 89.4 Å². The third-order valence-electron chi connectivity index (χ3n) is 3.02. The summed E-state index contributed by atoms with van der Waals surface area (Å²) in [7, 11) is 0. The summed E-state index contributed by atoms with van der Waals surface area (Å²) in [4.78, 5) is 10.3. The maximum absolute atomic E-state index is 10.8. The summed E-state index contributed by atoms with van der Waals surface area (Å²) in [5, 5.41) is 20.7. The summed E-state index contributed by atoms with van der Waals surface area (Å²) in [5.41, 5.74) is 6.48. The Balaban J connectivity index is 0.00000162. The average Bonchev–Trinajstić information content (AvgIpc) is 3.11. The zero-order valence-corrected chi connectivity index (χ0v) is 11.9. The van der Waals surface area contributed by atoms with Gasteiger partial charge in [0.25, 0.3) is 5.69 Å². The van der Waals surface area contributed by atoms with Gasteiger partial charge < -0.3 is 10.8 Å². The molecule has 5 nitrogen and oxygen atoms in total. The number of halogens is 2. The number of hydrogen-bond donors (Lipinski definition) is 2. The molecule has 1 fully saturated rings. The number of nitro groups is 1. The zero-order chi connectivity index (χ0) is 12.6. The number of hydrogen-bond acceptors (Lipinski definition) is 4. The number of nitrogens with zero attached hydrogens (tertiary/aromatic N) is 1. The molecule has 0 aromatic heterocycles. The van der Waals surface area contributed by atoms with E-state index in [0.29, 0.717) is 10.0 Å². The van der Waals surface area contributed by atoms with Gasteiger partial charge in [0.15, 0.2) is 0 Å². The molecule has 7 heteroatoms. The molecule has 18 heavy (non-hydrogen) atoms. The Morgan fingerprint density at radius 3 is 2.61 bits per heavy atom. The van der Waals surface area contributed by atoms with Crippen LogP contribution in [0.2, 0.25) is 0 Å². The quantitative estimate of drug-likeness (QED) is 0.652. The number of aliphatic hydroxyl groups is 1. The molecule has 2 atom stereocenters. The molecule has 1 aliphatic carbocycles. The minimum Gasteiger partial charge on any atom is -0.391 e. The molecule has 1 aromatic carbocycles. The lowest BCUT2D eigenvalue weighted by molar-refractivity contribution is -0.385. The second-order valence-corrected chi connectivity index (χ2v) is 5.18. The first-order chi connectivity index (χ1) is 8.00. The Kier molecular flexibility index (Phi) is 5.10. The summed E-state index contributed by atoms with van der Waals surface area (Å²) in [6.45, 7) is 0. The molecular formula is C11H14BrClN2O3. The predicted octanol–water partition coefficient (Wildman–Crippen LogP) is 2.55. The van der Waals surface area contributed by atoms with Crippen LogP contribution in [0.1, 0.15) is 24.4 Å². The third-order valence-corrected chi connectivity index (χ3v) is 3.70. The molecule has 0 aliphatic heterocycles. The van der Waals surface area contributed by atoms with Crippen molar-refractivity contribution in [3.05, 3.63) is 38.3 Å². The summed E-state index contributed by atoms with van der Waals surface area (Å²) >= 11 is 3.11. The smallest absolute Gasteiger partial charge is 0.283 e. The standard InChI is InChI=1S/C11H13BrN2O3.ClH/c12-8-4-3-7(5-9(8)14(16)17)10(13)11(15)6-1-2-6;/h3-6,10-11,15H,1-2,13H2;1H/t10-,11+;/m0./s1. The van der Waals surface area contributed by atoms with Crippen LogP contribution in [0.25, 0.3) is 0 Å². The molecule has 100 valence electrons. The van der Waals surface area contributed by atoms with Gasteiger partial charge in [-0.25, -0.2) is 0 Å². The van der Waals surface area contributed by atoms with Gasteiger partial charge in [-0.1, -0.05) is 6.07 Å². The number of nitrogens with two attached hydrogens (primary N) is 1. The first kappa shape index (κ1) is 15.4. The van der Waals surface area contributed by atoms with Crippen LogP contribution in [0.4, 0.5) is 5.69 Å². The first-order valence-corrected chi connectivity index (χ1v) is 6.17. The first-order valence-electron chi connectivity index (χ1n) is 5.38. The van der Waals surface area contributed by atoms with E-state index in [4.69, 9.17) is 5.73 Å². The van der Waals surface area contributed by atoms with Crippen molar-refractivity contribution in [1.29, 1.82) is 0 Å². The van der Waals surface area contributed by atoms with E-state index in [9.17, 15) is 15.2 Å². The average molecular weight is 338 g/mol. The van der Waals surface area contributed by atoms with Crippen molar-refractivity contribution in [3.63, 3.8) is 0 Å². The van der Waals surface area contributed by atoms with Crippen LogP contribution in [0.3, 0.4) is 0 Å². The summed E-state index contributed by atoms with van der Waals surface area (Å²) in [5.74, 6) is 0.243. The van der Waals surface area contributed by atoms with E-state index in [2.05, 4.69) is 15.9 Å². The molecule has 0 saturated heterocycles. The molecule has 0 spiro atoms. The zero-order valence-electron chi connectivity index (χ0n) is 9.45. The van der Waals surface area contributed by atoms with Crippen LogP contribution in [0.5, 0.6) is 0 Å². The Morgan fingerprint density at radius 1 is 1.50 bits per heavy atom. The van der Waals surface area contributed by atoms with E-state index >= 15 is 0 Å². The van der Waals surface area contributed by atoms with Gasteiger partial charge in [-0.3, -0.25) is 10.1 Å². The molecule has 0 unspecified atom stereocenters. The lowest BCUT2D eigenvalue weighted by Gasteiger charge is -2.18. The van der Waals surface area contributed by atoms with E-state index in [1.807, 2.05) is 0 Å². The Morgan fingerprint density at radius 2 is 2.11 bits per heavy atom. The van der Waals surface area contributed by atoms with E-state index in [1.54, 1.807) is 12.1 Å². The second-order valence-electron chi connectivity index (χ2n) is 4.32. The largest absolute Gasteiger partial charge is 0.391 e. The monoisotopic (exact) mass is 336 g/mol. The van der Waals surface area contributed by atoms with Gasteiger partial charge in [0, 0.05) is 6.07 Å². The van der Waals surface area contributed by atoms with Crippen molar-refractivity contribution in [3.8, 4) is 0 Å². The normalized spacial score (nSPS) is 17.7. The molecular weight excluding hydrogens is 323 g/mol. The summed E-state index contributed by atoms with van der Waals surface area (Å²) in [6, 6.07) is 4.15. The van der Waals surface area contributed by atoms with Gasteiger partial charge in [-0.15, -0.1) is 12.4 Å². The minimum absolute atomic E-state index is 0. The van der Waals surface area contributed by atoms with Gasteiger partial charge in [0.1, 0.15) is 0 Å². The molecule has 0 radical (unpaired) electrons. The Labute approximate surface area is 119 Å². The third kappa shape index (κ3) is 3.20. The molecule has 1 aromatic rings. The van der Waals surface area contributed by atoms with Crippen LogP contribution >= 0.6 is 28.3 Å². The maximum atomic E-state index is 10.8. The van der Waals surface area contributed by atoms with Crippen LogP contribution < -0.4 is 5.73 Å². The highest BCUT2D eigenvalue weighted by atomic mass is 79.9. The van der Waals surface area contributed by atoms with E-state index < -0.39 is 17.1 Å². The highest BCUT2D eigenvalue weighted by Crippen LogP contribution is 2.38. The fourth-order valence-electron chi connectivity index (χ4n) is 1.81. The lowest BCUT2D eigenvalue weighted by atomic mass is 9.99. The minimum atomic E-state index is -0.615. The van der Waals surface area contributed by atoms with Crippen LogP contribution in [-0.4, -0.2) is 16.1 Å². The van der Waals surface area contributed by atoms with Crippen molar-refractivity contribution in [1.82, 2.24) is 0 Å². The molecule has 3 N–H and O–H groups in total. The highest BCUT2D eigenvalue weighted by molar-refractivity contribution is 9.10. The van der Waals surface area contributed by atoms with E-state index in [0.717, 1.165) is 12.8 Å². The van der Waals surface area contributed by atoms with Gasteiger partial charge >= 0.3 is 0 Å². The maximum Gasteiger partial charge on any atom is 0.283 e. The molecule has 1 saturated carbocycles. The molecule has 0 heterocycles. The molecule has 0 amide bonds. The lowest BCUT2D eigenvalue weighted by Crippen LogP contribution is -2.27. The van der Waals surface area contributed by atoms with Crippen LogP contribution in [0.15, 0.2) is 22.7 Å². The van der Waals surface area contributed by atoms with Crippen molar-refractivity contribution >= 4 is 34.0 Å². The van der Waals surface area contributed by atoms with E-state index in [1.165, 1.54) is 6.07 Å². The number of nitro benzene ring substituents is 1. The van der Waals surface area contributed by atoms with Crippen LogP contribution in [-0.2, 0) is 0 Å². The fourth-order valence-corrected chi connectivity index (χ4v) is 2.20. The van der Waals surface area contributed by atoms with Crippen LogP contribution in [0, 0.1) is 16.0 Å². The SMILES string of the molecule is Cl.N[C@@H](c1ccc(Br)c([N+](=O)[O-])c1)[C@H](O)C1CC1. The highest BCUT2D eigenvalue weighted by Gasteiger charge is 2.34. The van der Waals surface area contributed by atoms with Gasteiger partial charge in [-0.2, -0.15) is 0 Å². The van der Waals surface area contributed by atoms with Crippen molar-refractivity contribution in [2.45, 2.75) is 25.0 Å². The van der Waals surface area contributed by atoms with Gasteiger partial charge in [0.05, 0.1) is 21.5 Å². The van der Waals surface area contributed by atoms with E-state index in [-0.39, 0.29) is 24.0 Å². The van der Waals surface area contributed by atoms with Crippen molar-refractivity contribution < 1.29 is 10.0 Å².